The summed E-state index contributed by atoms with van der Waals surface area (Å²) in [5.74, 6) is 6.47. The summed E-state index contributed by atoms with van der Waals surface area (Å²) in [6.45, 7) is 2.04. The van der Waals surface area contributed by atoms with Gasteiger partial charge >= 0.3 is 0 Å². The van der Waals surface area contributed by atoms with E-state index < -0.39 is 0 Å². The van der Waals surface area contributed by atoms with Crippen LogP contribution >= 0.6 is 0 Å². The van der Waals surface area contributed by atoms with Crippen molar-refractivity contribution in [2.45, 2.75) is 6.42 Å². The van der Waals surface area contributed by atoms with Gasteiger partial charge in [-0.25, -0.2) is 10.8 Å². The fraction of sp³-hybridized carbons (Fsp3) is 0.444. The van der Waals surface area contributed by atoms with Crippen molar-refractivity contribution in [1.82, 2.24) is 15.3 Å². The molecule has 0 radical (unpaired) electrons. The molecule has 7 heteroatoms. The molecular weight excluding hydrogens is 208 g/mol. The first-order valence-corrected chi connectivity index (χ1v) is 5.11. The highest BCUT2D eigenvalue weighted by atomic mass is 16.1. The van der Waals surface area contributed by atoms with Crippen molar-refractivity contribution >= 4 is 17.7 Å². The molecule has 0 aliphatic carbocycles. The number of nitrogens with one attached hydrogen (secondary N) is 2. The van der Waals surface area contributed by atoms with Crippen molar-refractivity contribution in [3.8, 4) is 0 Å². The second-order valence-electron chi connectivity index (χ2n) is 3.47. The number of nitrogens with zero attached hydrogens (tertiary/aromatic N) is 3. The predicted octanol–water partition coefficient (Wildman–Crippen LogP) is -0.912. The SMILES string of the molecule is NNc1nccc(N2CCNC(=O)CC2)n1. The summed E-state index contributed by atoms with van der Waals surface area (Å²) in [5.41, 5.74) is 2.40. The van der Waals surface area contributed by atoms with E-state index in [1.807, 2.05) is 4.90 Å². The Labute approximate surface area is 93.0 Å². The average Bonchev–Trinajstić information content (AvgIpc) is 2.54. The van der Waals surface area contributed by atoms with Gasteiger partial charge in [0.1, 0.15) is 5.82 Å². The molecular formula is C9H14N6O. The standard InChI is InChI=1S/C9H14N6O/c10-14-9-12-3-1-7(13-9)15-5-2-8(16)11-4-6-15/h1,3H,2,4-6,10H2,(H,11,16)(H,12,13,14). The van der Waals surface area contributed by atoms with Crippen molar-refractivity contribution in [2.75, 3.05) is 30.0 Å². The molecule has 1 aliphatic heterocycles. The Morgan fingerprint density at radius 1 is 1.50 bits per heavy atom. The van der Waals surface area contributed by atoms with E-state index in [1.165, 1.54) is 0 Å². The highest BCUT2D eigenvalue weighted by molar-refractivity contribution is 5.77. The average molecular weight is 222 g/mol. The minimum Gasteiger partial charge on any atom is -0.354 e. The Balaban J connectivity index is 2.13. The first-order chi connectivity index (χ1) is 7.79. The van der Waals surface area contributed by atoms with Gasteiger partial charge in [-0.2, -0.15) is 4.98 Å². The summed E-state index contributed by atoms with van der Waals surface area (Å²) in [7, 11) is 0. The van der Waals surface area contributed by atoms with E-state index in [4.69, 9.17) is 5.84 Å². The van der Waals surface area contributed by atoms with Gasteiger partial charge in [0.2, 0.25) is 11.9 Å². The molecule has 1 aromatic rings. The van der Waals surface area contributed by atoms with Gasteiger partial charge in [-0.1, -0.05) is 0 Å². The first-order valence-electron chi connectivity index (χ1n) is 5.11. The van der Waals surface area contributed by atoms with E-state index in [-0.39, 0.29) is 5.91 Å². The molecule has 0 aromatic carbocycles. The molecule has 86 valence electrons. The maximum atomic E-state index is 11.2. The highest BCUT2D eigenvalue weighted by Crippen LogP contribution is 2.12. The number of hydrogen-bond acceptors (Lipinski definition) is 6. The lowest BCUT2D eigenvalue weighted by atomic mass is 10.4. The Hall–Kier alpha value is -1.89. The molecule has 2 rings (SSSR count). The van der Waals surface area contributed by atoms with Crippen LogP contribution < -0.4 is 21.5 Å². The maximum absolute atomic E-state index is 11.2. The molecule has 0 spiro atoms. The van der Waals surface area contributed by atoms with Crippen LogP contribution in [0.3, 0.4) is 0 Å². The van der Waals surface area contributed by atoms with Gasteiger partial charge in [0.15, 0.2) is 0 Å². The lowest BCUT2D eigenvalue weighted by Crippen LogP contribution is -2.29. The van der Waals surface area contributed by atoms with E-state index in [0.717, 1.165) is 12.4 Å². The third kappa shape index (κ3) is 2.37. The number of amides is 1. The molecule has 1 aliphatic rings. The lowest BCUT2D eigenvalue weighted by Gasteiger charge is -2.20. The van der Waals surface area contributed by atoms with Crippen LogP contribution in [0.5, 0.6) is 0 Å². The second kappa shape index (κ2) is 4.75. The largest absolute Gasteiger partial charge is 0.354 e. The normalized spacial score (nSPS) is 16.6. The number of carbonyl (C=O) groups is 1. The molecule has 1 aromatic heterocycles. The minimum atomic E-state index is 0.0775. The number of rotatable bonds is 2. The number of nitrogens with two attached hydrogens (primary N) is 1. The predicted molar refractivity (Wildman–Crippen MR) is 59.7 cm³/mol. The summed E-state index contributed by atoms with van der Waals surface area (Å²) in [5, 5.41) is 2.81. The van der Waals surface area contributed by atoms with E-state index in [9.17, 15) is 4.79 Å². The Kier molecular flexibility index (Phi) is 3.16. The van der Waals surface area contributed by atoms with E-state index in [2.05, 4.69) is 20.7 Å². The van der Waals surface area contributed by atoms with Crippen molar-refractivity contribution in [3.63, 3.8) is 0 Å². The van der Waals surface area contributed by atoms with Gasteiger partial charge in [-0.3, -0.25) is 10.2 Å². The number of aromatic nitrogens is 2. The summed E-state index contributed by atoms with van der Waals surface area (Å²) in [6.07, 6.45) is 2.12. The molecule has 0 saturated carbocycles. The fourth-order valence-electron chi connectivity index (χ4n) is 1.59. The summed E-state index contributed by atoms with van der Waals surface area (Å²) >= 11 is 0. The zero-order valence-corrected chi connectivity index (χ0v) is 8.81. The van der Waals surface area contributed by atoms with Crippen LogP contribution in [0, 0.1) is 0 Å². The van der Waals surface area contributed by atoms with Crippen LogP contribution in [0.1, 0.15) is 6.42 Å². The number of nitrogen functional groups attached to an aromatic ring is 1. The minimum absolute atomic E-state index is 0.0775. The van der Waals surface area contributed by atoms with Gasteiger partial charge in [0.05, 0.1) is 0 Å². The van der Waals surface area contributed by atoms with Gasteiger partial charge in [-0.05, 0) is 6.07 Å². The highest BCUT2D eigenvalue weighted by Gasteiger charge is 2.14. The number of carbonyl (C=O) groups excluding carboxylic acids is 1. The molecule has 1 fully saturated rings. The van der Waals surface area contributed by atoms with Crippen LogP contribution in [0.25, 0.3) is 0 Å². The zero-order valence-electron chi connectivity index (χ0n) is 8.81. The molecule has 0 unspecified atom stereocenters. The van der Waals surface area contributed by atoms with E-state index >= 15 is 0 Å². The van der Waals surface area contributed by atoms with Gasteiger partial charge < -0.3 is 10.2 Å². The first kappa shape index (κ1) is 10.6. The van der Waals surface area contributed by atoms with Crippen LogP contribution in [0.4, 0.5) is 11.8 Å². The fourth-order valence-corrected chi connectivity index (χ4v) is 1.59. The van der Waals surface area contributed by atoms with Gasteiger partial charge in [0.25, 0.3) is 0 Å². The number of hydrogen-bond donors (Lipinski definition) is 3. The summed E-state index contributed by atoms with van der Waals surface area (Å²) in [6, 6.07) is 1.80. The Morgan fingerprint density at radius 2 is 2.38 bits per heavy atom. The van der Waals surface area contributed by atoms with Crippen LogP contribution in [0.2, 0.25) is 0 Å². The molecule has 0 atom stereocenters. The van der Waals surface area contributed by atoms with Crippen molar-refractivity contribution in [3.05, 3.63) is 12.3 Å². The molecule has 2 heterocycles. The quantitative estimate of drug-likeness (QED) is 0.443. The topological polar surface area (TPSA) is 96.2 Å². The molecule has 1 saturated heterocycles. The third-order valence-corrected chi connectivity index (χ3v) is 2.41. The molecule has 16 heavy (non-hydrogen) atoms. The zero-order chi connectivity index (χ0) is 11.4. The Morgan fingerprint density at radius 3 is 3.19 bits per heavy atom. The third-order valence-electron chi connectivity index (χ3n) is 2.41. The summed E-state index contributed by atoms with van der Waals surface area (Å²) in [4.78, 5) is 21.4. The molecule has 1 amide bonds. The smallest absolute Gasteiger partial charge is 0.239 e. The summed E-state index contributed by atoms with van der Waals surface area (Å²) < 4.78 is 0. The monoisotopic (exact) mass is 222 g/mol. The Bertz CT molecular complexity index is 382. The van der Waals surface area contributed by atoms with Crippen LogP contribution in [0.15, 0.2) is 12.3 Å². The van der Waals surface area contributed by atoms with Crippen molar-refractivity contribution in [1.29, 1.82) is 0 Å². The van der Waals surface area contributed by atoms with Crippen molar-refractivity contribution in [2.24, 2.45) is 5.84 Å². The van der Waals surface area contributed by atoms with Crippen LogP contribution in [-0.4, -0.2) is 35.5 Å². The molecule has 7 nitrogen and oxygen atoms in total. The van der Waals surface area contributed by atoms with Crippen molar-refractivity contribution < 1.29 is 4.79 Å². The maximum Gasteiger partial charge on any atom is 0.239 e. The van der Waals surface area contributed by atoms with Gasteiger partial charge in [-0.15, -0.1) is 0 Å². The second-order valence-corrected chi connectivity index (χ2v) is 3.47. The van der Waals surface area contributed by atoms with E-state index in [1.54, 1.807) is 12.3 Å². The van der Waals surface area contributed by atoms with Crippen LogP contribution in [-0.2, 0) is 4.79 Å². The number of hydrazine groups is 1. The molecule has 4 N–H and O–H groups in total. The van der Waals surface area contributed by atoms with E-state index in [0.29, 0.717) is 25.5 Å². The number of anilines is 2. The van der Waals surface area contributed by atoms with Gasteiger partial charge in [0, 0.05) is 32.3 Å². The lowest BCUT2D eigenvalue weighted by molar-refractivity contribution is -0.120. The molecule has 0 bridgehead atoms.